The number of anilines is 2. The zero-order valence-corrected chi connectivity index (χ0v) is 17.2. The van der Waals surface area contributed by atoms with Gasteiger partial charge in [0.2, 0.25) is 0 Å². The summed E-state index contributed by atoms with van der Waals surface area (Å²) in [6.07, 6.45) is 1.03. The van der Waals surface area contributed by atoms with Crippen LogP contribution < -0.4 is 21.7 Å². The van der Waals surface area contributed by atoms with Crippen molar-refractivity contribution in [1.82, 2.24) is 30.2 Å². The zero-order valence-electron chi connectivity index (χ0n) is 16.5. The lowest BCUT2D eigenvalue weighted by molar-refractivity contribution is 0.0622. The number of piperidine rings is 1. The van der Waals surface area contributed by atoms with Crippen LogP contribution in [-0.2, 0) is 6.54 Å². The van der Waals surface area contributed by atoms with Gasteiger partial charge in [0, 0.05) is 45.3 Å². The molecule has 2 fully saturated rings. The summed E-state index contributed by atoms with van der Waals surface area (Å²) < 4.78 is 1.70. The predicted molar refractivity (Wildman–Crippen MR) is 111 cm³/mol. The Morgan fingerprint density at radius 3 is 2.86 bits per heavy atom. The Balaban J connectivity index is 1.46. The minimum absolute atomic E-state index is 0.0498. The highest BCUT2D eigenvalue weighted by Crippen LogP contribution is 2.27. The van der Waals surface area contributed by atoms with Crippen molar-refractivity contribution in [3.05, 3.63) is 5.56 Å². The number of nitrogens with two attached hydrogens (primary N) is 1. The van der Waals surface area contributed by atoms with E-state index in [2.05, 4.69) is 37.8 Å². The van der Waals surface area contributed by atoms with Crippen LogP contribution in [0.3, 0.4) is 0 Å². The van der Waals surface area contributed by atoms with Gasteiger partial charge in [0.15, 0.2) is 5.82 Å². The molecule has 5 N–H and O–H groups in total. The molecule has 3 unspecified atom stereocenters. The van der Waals surface area contributed by atoms with Gasteiger partial charge in [0.1, 0.15) is 11.4 Å². The minimum Gasteiger partial charge on any atom is -0.381 e. The summed E-state index contributed by atoms with van der Waals surface area (Å²) >= 11 is 6.19. The summed E-state index contributed by atoms with van der Waals surface area (Å²) in [7, 11) is 0. The fourth-order valence-electron chi connectivity index (χ4n) is 4.56. The van der Waals surface area contributed by atoms with Gasteiger partial charge in [-0.15, -0.1) is 11.6 Å². The third kappa shape index (κ3) is 3.94. The molecular weight excluding hydrogens is 380 g/mol. The van der Waals surface area contributed by atoms with Crippen molar-refractivity contribution in [3.63, 3.8) is 0 Å². The van der Waals surface area contributed by atoms with Crippen molar-refractivity contribution < 1.29 is 4.79 Å². The quantitative estimate of drug-likeness (QED) is 0.500. The second-order valence-electron chi connectivity index (χ2n) is 7.88. The number of hydrogen-bond donors (Lipinski definition) is 4. The summed E-state index contributed by atoms with van der Waals surface area (Å²) in [5, 5.41) is 14.1. The molecule has 2 saturated heterocycles. The fraction of sp³-hybridized carbons (Fsp3) is 0.778. The largest absolute Gasteiger partial charge is 0.381 e. The molecule has 28 heavy (non-hydrogen) atoms. The molecule has 0 radical (unpaired) electrons. The summed E-state index contributed by atoms with van der Waals surface area (Å²) in [5.41, 5.74) is 6.51. The van der Waals surface area contributed by atoms with Crippen molar-refractivity contribution in [3.8, 4) is 0 Å². The van der Waals surface area contributed by atoms with E-state index in [1.165, 1.54) is 0 Å². The molecule has 156 valence electrons. The standard InChI is InChI=1S/C18H31ClN8O/c1-2-25-5-7-26(8-6-25)14-3-4-21-10-13(14)23-18(28)15-16(20)24-27-11-12(19)9-22-17(15)27/h12-14,21-22H,2-11H2,1H3,(H2,20,24)(H,23,28). The maximum Gasteiger partial charge on any atom is 0.259 e. The van der Waals surface area contributed by atoms with Gasteiger partial charge in [-0.3, -0.25) is 9.69 Å². The number of hydrogen-bond acceptors (Lipinski definition) is 7. The van der Waals surface area contributed by atoms with E-state index in [4.69, 9.17) is 17.3 Å². The van der Waals surface area contributed by atoms with E-state index in [1.54, 1.807) is 4.68 Å². The molecular formula is C18H31ClN8O. The predicted octanol–water partition coefficient (Wildman–Crippen LogP) is -0.404. The Labute approximate surface area is 170 Å². The molecule has 3 aliphatic rings. The third-order valence-electron chi connectivity index (χ3n) is 6.15. The van der Waals surface area contributed by atoms with Crippen LogP contribution in [0.15, 0.2) is 0 Å². The highest BCUT2D eigenvalue weighted by Gasteiger charge is 2.35. The van der Waals surface area contributed by atoms with Gasteiger partial charge >= 0.3 is 0 Å². The number of piperazine rings is 1. The SMILES string of the molecule is CCN1CCN(C2CCNCC2NC(=O)c2c(N)nn3c2NCC(Cl)C3)CC1. The average Bonchev–Trinajstić information content (AvgIpc) is 3.03. The molecule has 3 atom stereocenters. The van der Waals surface area contributed by atoms with E-state index in [9.17, 15) is 4.79 Å². The van der Waals surface area contributed by atoms with Gasteiger partial charge in [-0.2, -0.15) is 5.10 Å². The number of nitrogens with zero attached hydrogens (tertiary/aromatic N) is 4. The van der Waals surface area contributed by atoms with Crippen molar-refractivity contribution in [2.24, 2.45) is 0 Å². The maximum absolute atomic E-state index is 13.1. The Morgan fingerprint density at radius 1 is 1.32 bits per heavy atom. The lowest BCUT2D eigenvalue weighted by Gasteiger charge is -2.44. The monoisotopic (exact) mass is 410 g/mol. The number of carbonyl (C=O) groups is 1. The summed E-state index contributed by atoms with van der Waals surface area (Å²) in [5.74, 6) is 0.761. The number of halogens is 1. The van der Waals surface area contributed by atoms with Gasteiger partial charge in [0.05, 0.1) is 18.0 Å². The highest BCUT2D eigenvalue weighted by atomic mass is 35.5. The normalized spacial score (nSPS) is 29.1. The first-order valence-electron chi connectivity index (χ1n) is 10.3. The summed E-state index contributed by atoms with van der Waals surface area (Å²) in [4.78, 5) is 18.1. The van der Waals surface area contributed by atoms with Crippen LogP contribution in [0.1, 0.15) is 23.7 Å². The number of likely N-dealkylation sites (N-methyl/N-ethyl adjacent to an activating group) is 1. The van der Waals surface area contributed by atoms with Crippen LogP contribution in [0, 0.1) is 0 Å². The number of aromatic nitrogens is 2. The molecule has 4 rings (SSSR count). The van der Waals surface area contributed by atoms with Crippen molar-refractivity contribution >= 4 is 29.1 Å². The Kier molecular flexibility index (Phi) is 5.96. The van der Waals surface area contributed by atoms with E-state index in [1.807, 2.05) is 0 Å². The Hall–Kier alpha value is -1.55. The minimum atomic E-state index is -0.162. The molecule has 3 aliphatic heterocycles. The molecule has 0 bridgehead atoms. The smallest absolute Gasteiger partial charge is 0.259 e. The van der Waals surface area contributed by atoms with Crippen LogP contribution in [-0.4, -0.2) is 95.3 Å². The van der Waals surface area contributed by atoms with E-state index < -0.39 is 0 Å². The van der Waals surface area contributed by atoms with Crippen LogP contribution in [0.25, 0.3) is 0 Å². The second-order valence-corrected chi connectivity index (χ2v) is 8.50. The lowest BCUT2D eigenvalue weighted by Crippen LogP contribution is -2.62. The number of carbonyl (C=O) groups excluding carboxylic acids is 1. The van der Waals surface area contributed by atoms with Gasteiger partial charge in [-0.05, 0) is 19.5 Å². The van der Waals surface area contributed by atoms with E-state index in [-0.39, 0.29) is 23.1 Å². The van der Waals surface area contributed by atoms with Gasteiger partial charge < -0.3 is 26.6 Å². The van der Waals surface area contributed by atoms with E-state index >= 15 is 0 Å². The Bertz CT molecular complexity index is 702. The molecule has 4 heterocycles. The second kappa shape index (κ2) is 8.44. The number of rotatable bonds is 4. The number of alkyl halides is 1. The van der Waals surface area contributed by atoms with E-state index in [0.717, 1.165) is 52.2 Å². The van der Waals surface area contributed by atoms with Crippen LogP contribution in [0.5, 0.6) is 0 Å². The fourth-order valence-corrected chi connectivity index (χ4v) is 4.76. The molecule has 0 aliphatic carbocycles. The molecule has 1 amide bonds. The van der Waals surface area contributed by atoms with Gasteiger partial charge in [-0.25, -0.2) is 4.68 Å². The molecule has 9 nitrogen and oxygen atoms in total. The first-order chi connectivity index (χ1) is 13.6. The molecule has 1 aromatic heterocycles. The summed E-state index contributed by atoms with van der Waals surface area (Å²) in [6, 6.07) is 0.394. The molecule has 0 aromatic carbocycles. The number of nitrogens with one attached hydrogen (secondary N) is 3. The molecule has 10 heteroatoms. The van der Waals surface area contributed by atoms with Crippen molar-refractivity contribution in [2.45, 2.75) is 37.4 Å². The van der Waals surface area contributed by atoms with E-state index in [0.29, 0.717) is 30.5 Å². The topological polar surface area (TPSA) is 103 Å². The van der Waals surface area contributed by atoms with Crippen LogP contribution in [0.4, 0.5) is 11.6 Å². The van der Waals surface area contributed by atoms with Crippen molar-refractivity contribution in [1.29, 1.82) is 0 Å². The molecule has 0 saturated carbocycles. The molecule has 0 spiro atoms. The lowest BCUT2D eigenvalue weighted by atomic mass is 9.97. The first-order valence-corrected chi connectivity index (χ1v) is 10.7. The first kappa shape index (κ1) is 19.8. The highest BCUT2D eigenvalue weighted by molar-refractivity contribution is 6.21. The van der Waals surface area contributed by atoms with Gasteiger partial charge in [0.25, 0.3) is 5.91 Å². The van der Waals surface area contributed by atoms with Crippen LogP contribution >= 0.6 is 11.6 Å². The third-order valence-corrected chi connectivity index (χ3v) is 6.45. The maximum atomic E-state index is 13.1. The number of amides is 1. The number of nitrogen functional groups attached to an aromatic ring is 1. The molecule has 1 aromatic rings. The Morgan fingerprint density at radius 2 is 2.11 bits per heavy atom. The zero-order chi connectivity index (χ0) is 19.7. The average molecular weight is 411 g/mol. The number of fused-ring (bicyclic) bond motifs is 1. The van der Waals surface area contributed by atoms with Crippen molar-refractivity contribution in [2.75, 3.05) is 63.4 Å². The van der Waals surface area contributed by atoms with Crippen LogP contribution in [0.2, 0.25) is 0 Å². The van der Waals surface area contributed by atoms with Gasteiger partial charge in [-0.1, -0.05) is 6.92 Å². The summed E-state index contributed by atoms with van der Waals surface area (Å²) in [6.45, 7) is 10.5.